The summed E-state index contributed by atoms with van der Waals surface area (Å²) in [5.41, 5.74) is 6.75. The predicted octanol–water partition coefficient (Wildman–Crippen LogP) is 3.08. The zero-order valence-electron chi connectivity index (χ0n) is 14.8. The van der Waals surface area contributed by atoms with Gasteiger partial charge >= 0.3 is 5.69 Å². The van der Waals surface area contributed by atoms with E-state index in [2.05, 4.69) is 41.5 Å². The smallest absolute Gasteiger partial charge is 0.329 e. The molecule has 0 saturated heterocycles. The molecule has 0 aromatic carbocycles. The van der Waals surface area contributed by atoms with Crippen LogP contribution in [0.4, 0.5) is 17.5 Å². The van der Waals surface area contributed by atoms with Crippen LogP contribution in [-0.2, 0) is 6.54 Å². The lowest BCUT2D eigenvalue weighted by atomic mass is 9.86. The molecule has 1 aliphatic rings. The minimum atomic E-state index is -0.471. The highest BCUT2D eigenvalue weighted by Crippen LogP contribution is 2.26. The molecule has 2 aromatic rings. The zero-order chi connectivity index (χ0) is 19.2. The first-order chi connectivity index (χ1) is 13.0. The molecule has 144 valence electrons. The SMILES string of the molecule is N[C@H]1CC[C@H](CNc2nc(NCc3cncc(Br)c3)ncc2[N+](=O)[O-])CC1. The van der Waals surface area contributed by atoms with Gasteiger partial charge in [0.05, 0.1) is 4.92 Å². The molecular weight excluding hydrogens is 414 g/mol. The van der Waals surface area contributed by atoms with Crippen LogP contribution in [0.15, 0.2) is 29.1 Å². The van der Waals surface area contributed by atoms with Gasteiger partial charge in [-0.15, -0.1) is 0 Å². The maximum atomic E-state index is 11.3. The number of aromatic nitrogens is 3. The molecule has 0 amide bonds. The summed E-state index contributed by atoms with van der Waals surface area (Å²) in [5.74, 6) is 1.01. The van der Waals surface area contributed by atoms with Gasteiger partial charge in [0, 0.05) is 36.0 Å². The summed E-state index contributed by atoms with van der Waals surface area (Å²) in [6.45, 7) is 1.10. The van der Waals surface area contributed by atoms with E-state index in [-0.39, 0.29) is 17.5 Å². The summed E-state index contributed by atoms with van der Waals surface area (Å²) in [4.78, 5) is 23.3. The van der Waals surface area contributed by atoms with Crippen LogP contribution in [0, 0.1) is 16.0 Å². The highest BCUT2D eigenvalue weighted by Gasteiger charge is 2.21. The molecule has 2 aromatic heterocycles. The Morgan fingerprint density at radius 2 is 2.00 bits per heavy atom. The lowest BCUT2D eigenvalue weighted by Gasteiger charge is -2.26. The highest BCUT2D eigenvalue weighted by atomic mass is 79.9. The van der Waals surface area contributed by atoms with Crippen molar-refractivity contribution in [3.05, 3.63) is 44.8 Å². The van der Waals surface area contributed by atoms with Crippen LogP contribution in [0.1, 0.15) is 31.2 Å². The fraction of sp³-hybridized carbons (Fsp3) is 0.471. The lowest BCUT2D eigenvalue weighted by molar-refractivity contribution is -0.384. The predicted molar refractivity (Wildman–Crippen MR) is 106 cm³/mol. The van der Waals surface area contributed by atoms with E-state index < -0.39 is 4.92 Å². The minimum Gasteiger partial charge on any atom is -0.364 e. The van der Waals surface area contributed by atoms with E-state index in [9.17, 15) is 10.1 Å². The fourth-order valence-corrected chi connectivity index (χ4v) is 3.50. The topological polar surface area (TPSA) is 132 Å². The van der Waals surface area contributed by atoms with Crippen LogP contribution in [-0.4, -0.2) is 32.5 Å². The van der Waals surface area contributed by atoms with Crippen molar-refractivity contribution in [1.29, 1.82) is 0 Å². The number of hydrogen-bond donors (Lipinski definition) is 3. The summed E-state index contributed by atoms with van der Waals surface area (Å²) in [6.07, 6.45) is 8.69. The molecule has 9 nitrogen and oxygen atoms in total. The fourth-order valence-electron chi connectivity index (χ4n) is 3.09. The van der Waals surface area contributed by atoms with Crippen molar-refractivity contribution < 1.29 is 4.92 Å². The number of rotatable bonds is 7. The van der Waals surface area contributed by atoms with Crippen LogP contribution in [0.25, 0.3) is 0 Å². The van der Waals surface area contributed by atoms with Crippen molar-refractivity contribution >= 4 is 33.4 Å². The maximum Gasteiger partial charge on any atom is 0.329 e. The third-order valence-electron chi connectivity index (χ3n) is 4.63. The van der Waals surface area contributed by atoms with E-state index in [1.54, 1.807) is 12.4 Å². The second-order valence-corrected chi connectivity index (χ2v) is 7.63. The van der Waals surface area contributed by atoms with Gasteiger partial charge in [0.15, 0.2) is 0 Å². The van der Waals surface area contributed by atoms with Gasteiger partial charge < -0.3 is 16.4 Å². The van der Waals surface area contributed by atoms with Gasteiger partial charge in [0.25, 0.3) is 0 Å². The van der Waals surface area contributed by atoms with Gasteiger partial charge in [-0.25, -0.2) is 4.98 Å². The summed E-state index contributed by atoms with van der Waals surface area (Å²) < 4.78 is 0.876. The summed E-state index contributed by atoms with van der Waals surface area (Å²) >= 11 is 3.37. The quantitative estimate of drug-likeness (QED) is 0.446. The van der Waals surface area contributed by atoms with E-state index >= 15 is 0 Å². The average Bonchev–Trinajstić information content (AvgIpc) is 2.66. The Hall–Kier alpha value is -2.33. The molecule has 0 bridgehead atoms. The van der Waals surface area contributed by atoms with Crippen LogP contribution >= 0.6 is 15.9 Å². The van der Waals surface area contributed by atoms with Crippen LogP contribution in [0.5, 0.6) is 0 Å². The molecular formula is C17H22BrN7O2. The first-order valence-corrected chi connectivity index (χ1v) is 9.64. The molecule has 1 fully saturated rings. The van der Waals surface area contributed by atoms with Crippen LogP contribution in [0.2, 0.25) is 0 Å². The van der Waals surface area contributed by atoms with Crippen molar-refractivity contribution in [3.63, 3.8) is 0 Å². The third kappa shape index (κ3) is 5.57. The van der Waals surface area contributed by atoms with Gasteiger partial charge in [0.1, 0.15) is 6.20 Å². The monoisotopic (exact) mass is 435 g/mol. The van der Waals surface area contributed by atoms with Crippen molar-refractivity contribution in [3.8, 4) is 0 Å². The first kappa shape index (κ1) is 19.4. The second-order valence-electron chi connectivity index (χ2n) is 6.71. The molecule has 0 atom stereocenters. The Bertz CT molecular complexity index is 797. The van der Waals surface area contributed by atoms with Crippen molar-refractivity contribution in [2.75, 3.05) is 17.2 Å². The number of nitrogens with one attached hydrogen (secondary N) is 2. The number of nitrogens with two attached hydrogens (primary N) is 1. The Balaban J connectivity index is 1.65. The molecule has 2 heterocycles. The molecule has 4 N–H and O–H groups in total. The van der Waals surface area contributed by atoms with Crippen molar-refractivity contribution in [2.24, 2.45) is 11.7 Å². The Morgan fingerprint density at radius 1 is 1.22 bits per heavy atom. The number of hydrogen-bond acceptors (Lipinski definition) is 8. The molecule has 0 unspecified atom stereocenters. The second kappa shape index (κ2) is 9.05. The number of halogens is 1. The van der Waals surface area contributed by atoms with Crippen molar-refractivity contribution in [2.45, 2.75) is 38.3 Å². The highest BCUT2D eigenvalue weighted by molar-refractivity contribution is 9.10. The van der Waals surface area contributed by atoms with Gasteiger partial charge in [-0.1, -0.05) is 0 Å². The minimum absolute atomic E-state index is 0.128. The van der Waals surface area contributed by atoms with Crippen molar-refractivity contribution in [1.82, 2.24) is 15.0 Å². The number of nitro groups is 1. The van der Waals surface area contributed by atoms with Gasteiger partial charge in [0.2, 0.25) is 11.8 Å². The van der Waals surface area contributed by atoms with Crippen LogP contribution < -0.4 is 16.4 Å². The number of pyridine rings is 1. The molecule has 27 heavy (non-hydrogen) atoms. The van der Waals surface area contributed by atoms with Gasteiger partial charge in [-0.05, 0) is 59.2 Å². The molecule has 0 radical (unpaired) electrons. The Kier molecular flexibility index (Phi) is 6.51. The molecule has 10 heteroatoms. The third-order valence-corrected chi connectivity index (χ3v) is 5.06. The number of nitrogens with zero attached hydrogens (tertiary/aromatic N) is 4. The summed E-state index contributed by atoms with van der Waals surface area (Å²) in [5, 5.41) is 17.5. The molecule has 0 aliphatic heterocycles. The molecule has 0 spiro atoms. The average molecular weight is 436 g/mol. The summed E-state index contributed by atoms with van der Waals surface area (Å²) in [6, 6.07) is 2.20. The van der Waals surface area contributed by atoms with E-state index in [0.29, 0.717) is 25.0 Å². The van der Waals surface area contributed by atoms with Gasteiger partial charge in [-0.3, -0.25) is 15.1 Å². The summed E-state index contributed by atoms with van der Waals surface area (Å²) in [7, 11) is 0. The standard InChI is InChI=1S/C17H22BrN7O2/c18-13-5-12(6-20-9-13)8-22-17-23-10-15(25(26)27)16(24-17)21-7-11-1-3-14(19)4-2-11/h5-6,9-11,14H,1-4,7-8,19H2,(H2,21,22,23,24)/t11-,14-. The first-order valence-electron chi connectivity index (χ1n) is 8.85. The largest absolute Gasteiger partial charge is 0.364 e. The zero-order valence-corrected chi connectivity index (χ0v) is 16.4. The van der Waals surface area contributed by atoms with E-state index in [4.69, 9.17) is 5.73 Å². The molecule has 3 rings (SSSR count). The van der Waals surface area contributed by atoms with E-state index in [0.717, 1.165) is 35.7 Å². The molecule has 1 aliphatic carbocycles. The number of anilines is 2. The Labute approximate surface area is 165 Å². The van der Waals surface area contributed by atoms with Crippen LogP contribution in [0.3, 0.4) is 0 Å². The normalized spacial score (nSPS) is 19.5. The van der Waals surface area contributed by atoms with E-state index in [1.165, 1.54) is 6.20 Å². The van der Waals surface area contributed by atoms with Gasteiger partial charge in [-0.2, -0.15) is 4.98 Å². The lowest BCUT2D eigenvalue weighted by Crippen LogP contribution is -2.29. The molecule has 1 saturated carbocycles. The Morgan fingerprint density at radius 3 is 2.70 bits per heavy atom. The van der Waals surface area contributed by atoms with E-state index in [1.807, 2.05) is 6.07 Å². The maximum absolute atomic E-state index is 11.3.